The first-order valence-electron chi connectivity index (χ1n) is 9.94. The van der Waals surface area contributed by atoms with Gasteiger partial charge in [-0.3, -0.25) is 0 Å². The van der Waals surface area contributed by atoms with E-state index in [9.17, 15) is 5.11 Å². The molecule has 31 heavy (non-hydrogen) atoms. The van der Waals surface area contributed by atoms with Crippen LogP contribution >= 0.6 is 11.6 Å². The van der Waals surface area contributed by atoms with Gasteiger partial charge < -0.3 is 33.9 Å². The second kappa shape index (κ2) is 7.83. The van der Waals surface area contributed by atoms with Gasteiger partial charge in [0.2, 0.25) is 5.88 Å². The van der Waals surface area contributed by atoms with Gasteiger partial charge in [0.05, 0.1) is 47.6 Å². The van der Waals surface area contributed by atoms with Crippen molar-refractivity contribution in [2.45, 2.75) is 24.4 Å². The van der Waals surface area contributed by atoms with Crippen LogP contribution in [-0.2, 0) is 9.47 Å². The summed E-state index contributed by atoms with van der Waals surface area (Å²) in [6, 6.07) is 7.39. The van der Waals surface area contributed by atoms with Crippen LogP contribution in [0, 0.1) is 0 Å². The average Bonchev–Trinajstić information content (AvgIpc) is 3.44. The Kier molecular flexibility index (Phi) is 5.13. The minimum atomic E-state index is -0.619. The average molecular weight is 447 g/mol. The lowest BCUT2D eigenvalue weighted by atomic mass is 10.1. The smallest absolute Gasteiger partial charge is 0.224 e. The zero-order chi connectivity index (χ0) is 21.7. The summed E-state index contributed by atoms with van der Waals surface area (Å²) in [5.74, 6) is 1.74. The fourth-order valence-corrected chi connectivity index (χ4v) is 4.24. The van der Waals surface area contributed by atoms with E-state index in [4.69, 9.17) is 35.5 Å². The number of hydrogen-bond acceptors (Lipinski definition) is 8. The van der Waals surface area contributed by atoms with Gasteiger partial charge in [0.15, 0.2) is 12.0 Å². The van der Waals surface area contributed by atoms with E-state index in [1.165, 1.54) is 0 Å². The highest BCUT2D eigenvalue weighted by molar-refractivity contribution is 6.33. The maximum absolute atomic E-state index is 9.90. The molecule has 2 aliphatic heterocycles. The zero-order valence-electron chi connectivity index (χ0n) is 17.3. The maximum Gasteiger partial charge on any atom is 0.224 e. The highest BCUT2D eigenvalue weighted by Gasteiger charge is 2.48. The van der Waals surface area contributed by atoms with Crippen molar-refractivity contribution in [2.75, 3.05) is 39.3 Å². The Balaban J connectivity index is 1.45. The molecule has 0 aliphatic carbocycles. The molecule has 9 nitrogen and oxygen atoms in total. The number of aromatic nitrogens is 3. The first-order chi connectivity index (χ1) is 14.9. The van der Waals surface area contributed by atoms with Gasteiger partial charge in [0.1, 0.15) is 24.1 Å². The fourth-order valence-electron chi connectivity index (χ4n) is 3.98. The van der Waals surface area contributed by atoms with Crippen molar-refractivity contribution >= 4 is 28.5 Å². The van der Waals surface area contributed by atoms with Crippen LogP contribution in [-0.4, -0.2) is 78.9 Å². The summed E-state index contributed by atoms with van der Waals surface area (Å²) < 4.78 is 22.8. The topological polar surface area (TPSA) is 102 Å². The summed E-state index contributed by atoms with van der Waals surface area (Å²) in [6.45, 7) is 0.604. The third-order valence-electron chi connectivity index (χ3n) is 5.54. The molecule has 5 rings (SSSR count). The van der Waals surface area contributed by atoms with E-state index in [-0.39, 0.29) is 24.9 Å². The first kappa shape index (κ1) is 20.3. The van der Waals surface area contributed by atoms with E-state index in [0.29, 0.717) is 40.2 Å². The van der Waals surface area contributed by atoms with Gasteiger partial charge >= 0.3 is 0 Å². The lowest BCUT2D eigenvalue weighted by Gasteiger charge is -2.16. The lowest BCUT2D eigenvalue weighted by Crippen LogP contribution is -2.34. The molecule has 0 aromatic carbocycles. The molecule has 2 N–H and O–H groups in total. The fraction of sp³-hybridized carbons (Fsp3) is 0.429. The number of nitrogens with one attached hydrogen (secondary N) is 1. The molecule has 3 aromatic rings. The van der Waals surface area contributed by atoms with E-state index in [2.05, 4.69) is 9.97 Å². The molecule has 0 amide bonds. The molecule has 0 saturated carbocycles. The van der Waals surface area contributed by atoms with Crippen molar-refractivity contribution < 1.29 is 24.1 Å². The number of aliphatic hydroxyl groups is 1. The number of nitrogens with zero attached hydrogens (tertiary/aromatic N) is 3. The monoisotopic (exact) mass is 446 g/mol. The molecule has 0 bridgehead atoms. The normalized spacial score (nSPS) is 25.1. The van der Waals surface area contributed by atoms with Gasteiger partial charge in [-0.2, -0.15) is 4.98 Å². The number of hydrogen-bond donors (Lipinski definition) is 2. The highest BCUT2D eigenvalue weighted by atomic mass is 35.5. The van der Waals surface area contributed by atoms with Gasteiger partial charge in [-0.25, -0.2) is 4.98 Å². The van der Waals surface area contributed by atoms with E-state index < -0.39 is 6.10 Å². The number of pyridine rings is 2. The van der Waals surface area contributed by atoms with Gasteiger partial charge in [-0.15, -0.1) is 0 Å². The summed E-state index contributed by atoms with van der Waals surface area (Å²) in [5.41, 5.74) is 2.70. The molecule has 164 valence electrons. The van der Waals surface area contributed by atoms with Crippen molar-refractivity contribution in [3.8, 4) is 23.0 Å². The quantitative estimate of drug-likeness (QED) is 0.615. The van der Waals surface area contributed by atoms with E-state index in [0.717, 1.165) is 11.3 Å². The summed E-state index contributed by atoms with van der Waals surface area (Å²) in [5, 5.41) is 10.4. The van der Waals surface area contributed by atoms with E-state index in [1.54, 1.807) is 13.2 Å². The number of fused-ring (bicyclic) bond motifs is 2. The SMILES string of the molecule is COc1nc(N(C)C)ccc1-c1nc2cc(O[C@@H]3CO[C@H]4[C@@H]3OC[C@H]4O)[nH]c2cc1Cl. The Morgan fingerprint density at radius 3 is 2.74 bits per heavy atom. The molecule has 2 saturated heterocycles. The summed E-state index contributed by atoms with van der Waals surface area (Å²) in [7, 11) is 5.39. The predicted octanol–water partition coefficient (Wildman–Crippen LogP) is 2.26. The Hall–Kier alpha value is -2.59. The van der Waals surface area contributed by atoms with Crippen molar-refractivity contribution in [1.82, 2.24) is 15.0 Å². The number of methoxy groups -OCH3 is 1. The molecule has 5 heterocycles. The Labute approximate surface area is 183 Å². The highest BCUT2D eigenvalue weighted by Crippen LogP contribution is 2.36. The van der Waals surface area contributed by atoms with Crippen molar-refractivity contribution in [2.24, 2.45) is 0 Å². The number of halogens is 1. The lowest BCUT2D eigenvalue weighted by molar-refractivity contribution is 0.00794. The molecular weight excluding hydrogens is 424 g/mol. The molecule has 10 heteroatoms. The van der Waals surface area contributed by atoms with Crippen LogP contribution in [0.2, 0.25) is 5.02 Å². The van der Waals surface area contributed by atoms with Crippen LogP contribution in [0.3, 0.4) is 0 Å². The summed E-state index contributed by atoms with van der Waals surface area (Å²) >= 11 is 6.55. The largest absolute Gasteiger partial charge is 0.480 e. The number of ether oxygens (including phenoxy) is 4. The third-order valence-corrected chi connectivity index (χ3v) is 5.83. The van der Waals surface area contributed by atoms with Gasteiger partial charge in [-0.1, -0.05) is 11.6 Å². The third kappa shape index (κ3) is 3.57. The maximum atomic E-state index is 9.90. The molecular formula is C21H23ClN4O5. The summed E-state index contributed by atoms with van der Waals surface area (Å²) in [4.78, 5) is 14.3. The van der Waals surface area contributed by atoms with Crippen LogP contribution < -0.4 is 14.4 Å². The van der Waals surface area contributed by atoms with E-state index >= 15 is 0 Å². The number of aliphatic hydroxyl groups excluding tert-OH is 1. The minimum Gasteiger partial charge on any atom is -0.480 e. The molecule has 0 radical (unpaired) electrons. The zero-order valence-corrected chi connectivity index (χ0v) is 18.1. The molecule has 2 aliphatic rings. The van der Waals surface area contributed by atoms with Gasteiger partial charge in [0, 0.05) is 20.2 Å². The Bertz CT molecular complexity index is 1120. The number of rotatable bonds is 5. The Morgan fingerprint density at radius 1 is 1.16 bits per heavy atom. The second-order valence-electron chi connectivity index (χ2n) is 7.83. The molecule has 4 atom stereocenters. The van der Waals surface area contributed by atoms with Crippen molar-refractivity contribution in [3.63, 3.8) is 0 Å². The van der Waals surface area contributed by atoms with Gasteiger partial charge in [0.25, 0.3) is 0 Å². The number of anilines is 1. The first-order valence-corrected chi connectivity index (χ1v) is 10.3. The molecule has 0 spiro atoms. The van der Waals surface area contributed by atoms with Crippen LogP contribution in [0.1, 0.15) is 0 Å². The van der Waals surface area contributed by atoms with Crippen LogP contribution in [0.5, 0.6) is 11.8 Å². The molecule has 2 fully saturated rings. The predicted molar refractivity (Wildman–Crippen MR) is 115 cm³/mol. The number of aromatic amines is 1. The standard InChI is InChI=1S/C21H23ClN4O5/c1-26(2)16-5-4-10(21(25-16)28-3)18-11(22)6-12-13(24-18)7-17(23-12)31-15-9-30-19-14(27)8-29-20(15)19/h4-7,14-15,19-20,23,27H,8-9H2,1-3H3/t14-,15-,19-,20-/m1/s1. The Morgan fingerprint density at radius 2 is 1.97 bits per heavy atom. The van der Waals surface area contributed by atoms with Crippen molar-refractivity contribution in [1.29, 1.82) is 0 Å². The molecule has 3 aromatic heterocycles. The van der Waals surface area contributed by atoms with Crippen LogP contribution in [0.15, 0.2) is 24.3 Å². The minimum absolute atomic E-state index is 0.255. The van der Waals surface area contributed by atoms with Gasteiger partial charge in [-0.05, 0) is 18.2 Å². The summed E-state index contributed by atoms with van der Waals surface area (Å²) in [6.07, 6.45) is -1.57. The van der Waals surface area contributed by atoms with Crippen LogP contribution in [0.25, 0.3) is 22.3 Å². The second-order valence-corrected chi connectivity index (χ2v) is 8.23. The molecule has 0 unspecified atom stereocenters. The van der Waals surface area contributed by atoms with E-state index in [1.807, 2.05) is 37.2 Å². The van der Waals surface area contributed by atoms with Crippen molar-refractivity contribution in [3.05, 3.63) is 29.3 Å². The number of H-pyrrole nitrogens is 1. The van der Waals surface area contributed by atoms with Crippen LogP contribution in [0.4, 0.5) is 5.82 Å².